The van der Waals surface area contributed by atoms with E-state index >= 15 is 0 Å². The number of azo groups is 1. The molecule has 0 heterocycles. The van der Waals surface area contributed by atoms with Crippen LogP contribution in [0.4, 0.5) is 17.1 Å². The number of phenolic OH excluding ortho intramolecular Hbond substituents is 2. The number of hydrogen-bond donors (Lipinski definition) is 6. The number of sulfone groups is 1. The first-order valence-corrected chi connectivity index (χ1v) is 16.7. The molecule has 0 saturated heterocycles. The van der Waals surface area contributed by atoms with Gasteiger partial charge < -0.3 is 15.5 Å². The third-order valence-electron chi connectivity index (χ3n) is 5.16. The average molecular weight is 670 g/mol. The zero-order valence-corrected chi connectivity index (χ0v) is 24.0. The van der Waals surface area contributed by atoms with E-state index in [9.17, 15) is 57.8 Å². The minimum atomic E-state index is -5.22. The highest BCUT2D eigenvalue weighted by molar-refractivity contribution is 7.91. The largest absolute Gasteiger partial charge is 0.506 e. The number of carbonyl (C=O) groups is 1. The van der Waals surface area contributed by atoms with E-state index in [1.807, 2.05) is 0 Å². The summed E-state index contributed by atoms with van der Waals surface area (Å²) in [4.78, 5) is 9.23. The molecule has 0 unspecified atom stereocenters. The van der Waals surface area contributed by atoms with Crippen LogP contribution in [0.15, 0.2) is 61.3 Å². The summed E-state index contributed by atoms with van der Waals surface area (Å²) < 4.78 is 125. The minimum Gasteiger partial charge on any atom is -0.506 e. The molecule has 0 atom stereocenters. The van der Waals surface area contributed by atoms with Gasteiger partial charge in [0.05, 0.1) is 27.8 Å². The van der Waals surface area contributed by atoms with Crippen molar-refractivity contribution in [2.24, 2.45) is 10.2 Å². The molecule has 0 aliphatic heterocycles. The van der Waals surface area contributed by atoms with Crippen LogP contribution in [0.1, 0.15) is 6.92 Å². The van der Waals surface area contributed by atoms with E-state index in [1.54, 1.807) is 0 Å². The third-order valence-corrected chi connectivity index (χ3v) is 9.00. The normalized spacial score (nSPS) is 13.0. The number of anilines is 1. The van der Waals surface area contributed by atoms with Gasteiger partial charge in [-0.15, -0.1) is 10.2 Å². The molecule has 6 N–H and O–H groups in total. The standard InChI is InChI=1S/C20H19N3O15S4/c1-10(24)21-15-8-13(40(29,30)31)6-11-7-17(41(32,33)34)19(20(26)18(11)15)23-22-14-3-2-12(9-16(14)25)39(27,28)5-4-38-42(35,36)37/h2-3,6-9,25-26H,4-5H2,1H3,(H,21,24)(H,29,30,31)(H,32,33,34)(H,35,36,37). The number of carbonyl (C=O) groups excluding carboxylic acids is 1. The fraction of sp³-hybridized carbons (Fsp3) is 0.150. The van der Waals surface area contributed by atoms with Crippen LogP contribution in [0, 0.1) is 0 Å². The highest BCUT2D eigenvalue weighted by Gasteiger charge is 2.26. The molecule has 0 aliphatic rings. The van der Waals surface area contributed by atoms with E-state index < -0.39 is 113 Å². The number of fused-ring (bicyclic) bond motifs is 1. The molecule has 0 fully saturated rings. The predicted octanol–water partition coefficient (Wildman–Crippen LogP) is 1.71. The van der Waals surface area contributed by atoms with Gasteiger partial charge in [0.25, 0.3) is 20.2 Å². The first kappa shape index (κ1) is 32.7. The Labute approximate surface area is 237 Å². The Morgan fingerprint density at radius 3 is 2.02 bits per heavy atom. The van der Waals surface area contributed by atoms with Crippen molar-refractivity contribution in [3.8, 4) is 11.5 Å². The van der Waals surface area contributed by atoms with Crippen LogP contribution in [0.5, 0.6) is 11.5 Å². The molecule has 0 spiro atoms. The topological polar surface area (TPSA) is 301 Å². The summed E-state index contributed by atoms with van der Waals surface area (Å²) in [7, 11) is -19.3. The van der Waals surface area contributed by atoms with Crippen LogP contribution in [0.25, 0.3) is 10.8 Å². The van der Waals surface area contributed by atoms with Crippen molar-refractivity contribution in [3.05, 3.63) is 36.4 Å². The number of aromatic hydroxyl groups is 2. The zero-order chi connectivity index (χ0) is 31.8. The first-order valence-electron chi connectivity index (χ1n) is 10.8. The number of nitrogens with one attached hydrogen (secondary N) is 1. The minimum absolute atomic E-state index is 0.392. The number of benzene rings is 3. The summed E-state index contributed by atoms with van der Waals surface area (Å²) in [6.45, 7) is 0.0691. The molecule has 22 heteroatoms. The quantitative estimate of drug-likeness (QED) is 0.132. The van der Waals surface area contributed by atoms with E-state index in [4.69, 9.17) is 4.55 Å². The number of hydrogen-bond acceptors (Lipinski definition) is 14. The molecule has 0 radical (unpaired) electrons. The lowest BCUT2D eigenvalue weighted by Crippen LogP contribution is -2.15. The van der Waals surface area contributed by atoms with Gasteiger partial charge in [0.2, 0.25) is 5.91 Å². The molecule has 3 aromatic rings. The van der Waals surface area contributed by atoms with Crippen LogP contribution < -0.4 is 5.32 Å². The third kappa shape index (κ3) is 7.74. The first-order chi connectivity index (χ1) is 19.1. The predicted molar refractivity (Wildman–Crippen MR) is 141 cm³/mol. The summed E-state index contributed by atoms with van der Waals surface area (Å²) in [5.74, 6) is -3.59. The Kier molecular flexibility index (Phi) is 8.95. The Hall–Kier alpha value is -3.77. The highest BCUT2D eigenvalue weighted by atomic mass is 32.3. The smallest absolute Gasteiger partial charge is 0.397 e. The Balaban J connectivity index is 2.16. The maximum atomic E-state index is 12.3. The summed E-state index contributed by atoms with van der Waals surface area (Å²) in [5.41, 5.74) is -1.86. The van der Waals surface area contributed by atoms with Crippen LogP contribution >= 0.6 is 0 Å². The Morgan fingerprint density at radius 2 is 1.50 bits per heavy atom. The van der Waals surface area contributed by atoms with Crippen molar-refractivity contribution < 1.29 is 66.5 Å². The molecule has 228 valence electrons. The van der Waals surface area contributed by atoms with Crippen LogP contribution in [-0.4, -0.2) is 75.8 Å². The van der Waals surface area contributed by atoms with Gasteiger partial charge in [-0.05, 0) is 35.7 Å². The maximum Gasteiger partial charge on any atom is 0.397 e. The van der Waals surface area contributed by atoms with Crippen molar-refractivity contribution in [1.29, 1.82) is 0 Å². The van der Waals surface area contributed by atoms with Crippen molar-refractivity contribution in [1.82, 2.24) is 0 Å². The van der Waals surface area contributed by atoms with E-state index in [1.165, 1.54) is 0 Å². The summed E-state index contributed by atoms with van der Waals surface area (Å²) in [6.07, 6.45) is 0. The molecule has 3 rings (SSSR count). The van der Waals surface area contributed by atoms with Gasteiger partial charge in [-0.25, -0.2) is 12.6 Å². The molecule has 1 amide bonds. The highest BCUT2D eigenvalue weighted by Crippen LogP contribution is 2.45. The van der Waals surface area contributed by atoms with E-state index in [0.717, 1.165) is 31.2 Å². The summed E-state index contributed by atoms with van der Waals surface area (Å²) >= 11 is 0. The number of phenols is 2. The average Bonchev–Trinajstić information content (AvgIpc) is 2.81. The van der Waals surface area contributed by atoms with Crippen LogP contribution in [-0.2, 0) is 49.5 Å². The second-order valence-electron chi connectivity index (χ2n) is 8.19. The lowest BCUT2D eigenvalue weighted by atomic mass is 10.1. The van der Waals surface area contributed by atoms with Gasteiger partial charge in [0, 0.05) is 18.4 Å². The zero-order valence-electron chi connectivity index (χ0n) is 20.7. The lowest BCUT2D eigenvalue weighted by Gasteiger charge is -2.14. The lowest BCUT2D eigenvalue weighted by molar-refractivity contribution is -0.114. The second-order valence-corrected chi connectivity index (χ2v) is 14.2. The summed E-state index contributed by atoms with van der Waals surface area (Å²) in [6, 6.07) is 4.60. The summed E-state index contributed by atoms with van der Waals surface area (Å²) in [5, 5.41) is 29.7. The molecule has 0 aromatic heterocycles. The van der Waals surface area contributed by atoms with E-state index in [2.05, 4.69) is 19.7 Å². The van der Waals surface area contributed by atoms with Crippen molar-refractivity contribution >= 4 is 74.2 Å². The van der Waals surface area contributed by atoms with Crippen molar-refractivity contribution in [2.75, 3.05) is 17.7 Å². The van der Waals surface area contributed by atoms with Gasteiger partial charge >= 0.3 is 10.4 Å². The molecular weight excluding hydrogens is 650 g/mol. The SMILES string of the molecule is CC(=O)Nc1cc(S(=O)(=O)O)cc2cc(S(=O)(=O)O)c(N=Nc3ccc(S(=O)(=O)CCOS(=O)(=O)O)cc3O)c(O)c12. The van der Waals surface area contributed by atoms with Crippen molar-refractivity contribution in [3.63, 3.8) is 0 Å². The maximum absolute atomic E-state index is 12.3. The van der Waals surface area contributed by atoms with Crippen molar-refractivity contribution in [2.45, 2.75) is 21.6 Å². The monoisotopic (exact) mass is 669 g/mol. The fourth-order valence-electron chi connectivity index (χ4n) is 3.44. The molecule has 0 bridgehead atoms. The number of nitrogens with zero attached hydrogens (tertiary/aromatic N) is 2. The van der Waals surface area contributed by atoms with Gasteiger partial charge in [-0.1, -0.05) is 0 Å². The molecule has 42 heavy (non-hydrogen) atoms. The molecule has 0 aliphatic carbocycles. The molecular formula is C20H19N3O15S4. The van der Waals surface area contributed by atoms with Gasteiger partial charge in [-0.2, -0.15) is 25.3 Å². The number of rotatable bonds is 10. The van der Waals surface area contributed by atoms with E-state index in [-0.39, 0.29) is 0 Å². The molecule has 18 nitrogen and oxygen atoms in total. The Morgan fingerprint density at radius 1 is 0.857 bits per heavy atom. The van der Waals surface area contributed by atoms with Gasteiger partial charge in [-0.3, -0.25) is 18.5 Å². The van der Waals surface area contributed by atoms with Gasteiger partial charge in [0.15, 0.2) is 15.6 Å². The van der Waals surface area contributed by atoms with Crippen LogP contribution in [0.3, 0.4) is 0 Å². The Bertz CT molecular complexity index is 2070. The molecule has 3 aromatic carbocycles. The fourth-order valence-corrected chi connectivity index (χ4v) is 6.15. The molecule has 0 saturated carbocycles. The van der Waals surface area contributed by atoms with Crippen LogP contribution in [0.2, 0.25) is 0 Å². The van der Waals surface area contributed by atoms with E-state index in [0.29, 0.717) is 12.1 Å². The number of amides is 1. The second kappa shape index (κ2) is 11.5. The van der Waals surface area contributed by atoms with Gasteiger partial charge in [0.1, 0.15) is 22.0 Å².